The van der Waals surface area contributed by atoms with Gasteiger partial charge in [0.05, 0.1) is 10.8 Å². The molecule has 11 nitrogen and oxygen atoms in total. The summed E-state index contributed by atoms with van der Waals surface area (Å²) in [5.41, 5.74) is 4.18. The van der Waals surface area contributed by atoms with Crippen LogP contribution in [0.3, 0.4) is 0 Å². The van der Waals surface area contributed by atoms with Gasteiger partial charge in [0.25, 0.3) is 0 Å². The van der Waals surface area contributed by atoms with Gasteiger partial charge in [-0.25, -0.2) is 4.79 Å². The van der Waals surface area contributed by atoms with Crippen molar-refractivity contribution in [3.63, 3.8) is 0 Å². The Morgan fingerprint density at radius 1 is 0.788 bits per heavy atom. The lowest BCUT2D eigenvalue weighted by molar-refractivity contribution is -0.192. The molecule has 0 spiro atoms. The van der Waals surface area contributed by atoms with Crippen molar-refractivity contribution in [2.45, 2.75) is 66.6 Å². The molecule has 0 radical (unpaired) electrons. The third-order valence-corrected chi connectivity index (χ3v) is 3.23. The van der Waals surface area contributed by atoms with E-state index in [2.05, 4.69) is 0 Å². The third-order valence-electron chi connectivity index (χ3n) is 3.23. The number of alkyl halides is 3. The molecule has 0 heterocycles. The highest BCUT2D eigenvalue weighted by Gasteiger charge is 2.38. The first kappa shape index (κ1) is 32.3. The van der Waals surface area contributed by atoms with Crippen molar-refractivity contribution < 1.29 is 61.2 Å². The third kappa shape index (κ3) is 16.4. The Hall–Kier alpha value is -2.90. The van der Waals surface area contributed by atoms with Gasteiger partial charge in [-0.15, -0.1) is 0 Å². The molecule has 1 atom stereocenters. The number of carbonyl (C=O) groups is 5. The Morgan fingerprint density at radius 2 is 1.15 bits per heavy atom. The van der Waals surface area contributed by atoms with Gasteiger partial charge in [0.15, 0.2) is 0 Å². The van der Waals surface area contributed by atoms with Gasteiger partial charge in [0, 0.05) is 6.42 Å². The van der Waals surface area contributed by atoms with Crippen LogP contribution in [-0.2, 0) is 42.9 Å². The molecule has 0 aliphatic rings. The topological polar surface area (TPSA) is 169 Å². The monoisotopic (exact) mass is 489 g/mol. The molecule has 33 heavy (non-hydrogen) atoms. The SMILES string of the molecule is CC(C)(C)C(=O)OCOC(=O)CC[C@H](N)C(=O)OCOC(=O)C(C)(C)C.O=C(O)C(F)(F)F. The van der Waals surface area contributed by atoms with Crippen LogP contribution in [0.2, 0.25) is 0 Å². The number of hydrogen-bond acceptors (Lipinski definition) is 10. The number of halogens is 3. The van der Waals surface area contributed by atoms with Crippen LogP contribution in [0.4, 0.5) is 13.2 Å². The highest BCUT2D eigenvalue weighted by atomic mass is 19.4. The summed E-state index contributed by atoms with van der Waals surface area (Å²) < 4.78 is 50.7. The van der Waals surface area contributed by atoms with E-state index in [4.69, 9.17) is 34.6 Å². The Bertz CT molecular complexity index is 693. The van der Waals surface area contributed by atoms with Crippen LogP contribution in [0.25, 0.3) is 0 Å². The van der Waals surface area contributed by atoms with Crippen molar-refractivity contribution in [1.82, 2.24) is 0 Å². The maximum absolute atomic E-state index is 11.6. The van der Waals surface area contributed by atoms with E-state index in [1.54, 1.807) is 41.5 Å². The second-order valence-electron chi connectivity index (χ2n) is 8.53. The molecule has 0 aromatic rings. The van der Waals surface area contributed by atoms with Gasteiger partial charge in [0.1, 0.15) is 6.04 Å². The number of esters is 4. The molecule has 0 bridgehead atoms. The molecule has 0 aliphatic heterocycles. The van der Waals surface area contributed by atoms with Gasteiger partial charge < -0.3 is 29.8 Å². The zero-order valence-electron chi connectivity index (χ0n) is 19.2. The van der Waals surface area contributed by atoms with Gasteiger partial charge in [0.2, 0.25) is 13.6 Å². The first-order valence-corrected chi connectivity index (χ1v) is 9.42. The highest BCUT2D eigenvalue weighted by molar-refractivity contribution is 5.78. The predicted octanol–water partition coefficient (Wildman–Crippen LogP) is 1.91. The number of hydrogen-bond donors (Lipinski definition) is 2. The Morgan fingerprint density at radius 3 is 1.48 bits per heavy atom. The van der Waals surface area contributed by atoms with Gasteiger partial charge in [-0.3, -0.25) is 19.2 Å². The Balaban J connectivity index is 0. The van der Waals surface area contributed by atoms with Crippen LogP contribution >= 0.6 is 0 Å². The smallest absolute Gasteiger partial charge is 0.475 e. The molecule has 14 heteroatoms. The van der Waals surface area contributed by atoms with Gasteiger partial charge in [-0.1, -0.05) is 0 Å². The standard InChI is InChI=1S/C17H29NO8.C2HF3O2/c1-16(2,3)14(21)25-9-23-12(19)8-7-11(18)13(20)24-10-26-15(22)17(4,5)6;3-2(4,5)1(6)7/h11H,7-10,18H2,1-6H3;(H,6,7)/t11-;/m0./s1. The van der Waals surface area contributed by atoms with E-state index in [-0.39, 0.29) is 12.8 Å². The largest absolute Gasteiger partial charge is 0.490 e. The lowest BCUT2D eigenvalue weighted by atomic mass is 9.97. The van der Waals surface area contributed by atoms with E-state index < -0.39 is 66.5 Å². The molecular formula is C19H30F3NO10. The van der Waals surface area contributed by atoms with Gasteiger partial charge in [-0.05, 0) is 48.0 Å². The average Bonchev–Trinajstić information content (AvgIpc) is 2.63. The molecule has 0 aliphatic carbocycles. The number of nitrogens with two attached hydrogens (primary N) is 1. The fourth-order valence-corrected chi connectivity index (χ4v) is 1.29. The Labute approximate surface area is 188 Å². The van der Waals surface area contributed by atoms with Crippen molar-refractivity contribution in [3.05, 3.63) is 0 Å². The van der Waals surface area contributed by atoms with Crippen molar-refractivity contribution in [1.29, 1.82) is 0 Å². The van der Waals surface area contributed by atoms with Gasteiger partial charge in [-0.2, -0.15) is 13.2 Å². The molecule has 3 N–H and O–H groups in total. The molecule has 0 aromatic carbocycles. The summed E-state index contributed by atoms with van der Waals surface area (Å²) in [5.74, 6) is -5.26. The minimum absolute atomic E-state index is 0.0297. The zero-order valence-corrected chi connectivity index (χ0v) is 19.2. The quantitative estimate of drug-likeness (QED) is 0.377. The minimum atomic E-state index is -5.08. The zero-order chi connectivity index (χ0) is 26.6. The number of ether oxygens (including phenoxy) is 4. The molecule has 0 saturated heterocycles. The van der Waals surface area contributed by atoms with Crippen LogP contribution in [0, 0.1) is 10.8 Å². The maximum Gasteiger partial charge on any atom is 0.490 e. The summed E-state index contributed by atoms with van der Waals surface area (Å²) in [5, 5.41) is 7.12. The second-order valence-corrected chi connectivity index (χ2v) is 8.53. The van der Waals surface area contributed by atoms with Crippen LogP contribution in [0.1, 0.15) is 54.4 Å². The minimum Gasteiger partial charge on any atom is -0.475 e. The first-order valence-electron chi connectivity index (χ1n) is 9.42. The van der Waals surface area contributed by atoms with E-state index in [9.17, 15) is 32.3 Å². The molecule has 0 saturated carbocycles. The molecular weight excluding hydrogens is 459 g/mol. The van der Waals surface area contributed by atoms with E-state index in [0.29, 0.717) is 0 Å². The number of aliphatic carboxylic acids is 1. The fraction of sp³-hybridized carbons (Fsp3) is 0.737. The number of carboxylic acids is 1. The van der Waals surface area contributed by atoms with Crippen molar-refractivity contribution in [2.75, 3.05) is 13.6 Å². The van der Waals surface area contributed by atoms with Crippen molar-refractivity contribution >= 4 is 29.8 Å². The van der Waals surface area contributed by atoms with Gasteiger partial charge >= 0.3 is 36.0 Å². The first-order chi connectivity index (χ1) is 14.7. The molecule has 0 amide bonds. The van der Waals surface area contributed by atoms with Crippen molar-refractivity contribution in [2.24, 2.45) is 16.6 Å². The number of carboxylic acid groups (broad SMARTS) is 1. The van der Waals surface area contributed by atoms with E-state index in [1.807, 2.05) is 0 Å². The maximum atomic E-state index is 11.6. The second kappa shape index (κ2) is 13.6. The molecule has 0 unspecified atom stereocenters. The number of carbonyl (C=O) groups excluding carboxylic acids is 4. The lowest BCUT2D eigenvalue weighted by Crippen LogP contribution is -2.34. The predicted molar refractivity (Wildman–Crippen MR) is 104 cm³/mol. The Kier molecular flexibility index (Phi) is 13.3. The summed E-state index contributed by atoms with van der Waals surface area (Å²) in [6.07, 6.45) is -5.27. The van der Waals surface area contributed by atoms with Crippen LogP contribution in [0.15, 0.2) is 0 Å². The summed E-state index contributed by atoms with van der Waals surface area (Å²) in [4.78, 5) is 55.0. The van der Waals surface area contributed by atoms with Crippen LogP contribution in [0.5, 0.6) is 0 Å². The lowest BCUT2D eigenvalue weighted by Gasteiger charge is -2.17. The normalized spacial score (nSPS) is 12.4. The van der Waals surface area contributed by atoms with Crippen LogP contribution < -0.4 is 5.73 Å². The average molecular weight is 489 g/mol. The molecule has 0 fully saturated rings. The van der Waals surface area contributed by atoms with E-state index >= 15 is 0 Å². The number of rotatable bonds is 8. The summed E-state index contributed by atoms with van der Waals surface area (Å²) >= 11 is 0. The fourth-order valence-electron chi connectivity index (χ4n) is 1.29. The van der Waals surface area contributed by atoms with Crippen molar-refractivity contribution in [3.8, 4) is 0 Å². The van der Waals surface area contributed by atoms with E-state index in [1.165, 1.54) is 0 Å². The summed E-state index contributed by atoms with van der Waals surface area (Å²) in [7, 11) is 0. The molecule has 192 valence electrons. The molecule has 0 rings (SSSR count). The highest BCUT2D eigenvalue weighted by Crippen LogP contribution is 2.16. The summed E-state index contributed by atoms with van der Waals surface area (Å²) in [6.45, 7) is 8.93. The van der Waals surface area contributed by atoms with E-state index in [0.717, 1.165) is 0 Å². The molecule has 0 aromatic heterocycles. The van der Waals surface area contributed by atoms with Crippen LogP contribution in [-0.4, -0.2) is 60.8 Å². The summed E-state index contributed by atoms with van der Waals surface area (Å²) in [6, 6.07) is -1.08.